The van der Waals surface area contributed by atoms with Gasteiger partial charge in [-0.15, -0.1) is 0 Å². The summed E-state index contributed by atoms with van der Waals surface area (Å²) in [6.07, 6.45) is 10.2. The van der Waals surface area contributed by atoms with E-state index in [9.17, 15) is 0 Å². The average Bonchev–Trinajstić information content (AvgIpc) is 2.23. The van der Waals surface area contributed by atoms with Gasteiger partial charge in [-0.05, 0) is 73.7 Å². The number of methoxy groups -OCH3 is 1. The molecule has 2 nitrogen and oxygen atoms in total. The molecule has 4 aliphatic rings. The molecule has 4 bridgehead atoms. The van der Waals surface area contributed by atoms with Crippen molar-refractivity contribution in [2.45, 2.75) is 71.8 Å². The van der Waals surface area contributed by atoms with Crippen LogP contribution in [0, 0.1) is 22.2 Å². The Bertz CT molecular complexity index is 342. The van der Waals surface area contributed by atoms with Crippen LogP contribution in [-0.4, -0.2) is 26.3 Å². The second kappa shape index (κ2) is 4.98. The first-order chi connectivity index (χ1) is 9.40. The van der Waals surface area contributed by atoms with Gasteiger partial charge >= 0.3 is 0 Å². The molecule has 0 radical (unpaired) electrons. The third-order valence-electron chi connectivity index (χ3n) is 6.28. The van der Waals surface area contributed by atoms with Gasteiger partial charge in [0.25, 0.3) is 0 Å². The fourth-order valence-electron chi connectivity index (χ4n) is 7.11. The average molecular weight is 279 g/mol. The second-order valence-electron chi connectivity index (χ2n) is 9.04. The fraction of sp³-hybridized carbons (Fsp3) is 1.00. The highest BCUT2D eigenvalue weighted by atomic mass is 16.5. The molecule has 0 spiro atoms. The summed E-state index contributed by atoms with van der Waals surface area (Å²) in [7, 11) is 1.84. The van der Waals surface area contributed by atoms with Gasteiger partial charge in [0.2, 0.25) is 0 Å². The third-order valence-corrected chi connectivity index (χ3v) is 6.28. The predicted molar refractivity (Wildman–Crippen MR) is 83.8 cm³/mol. The first kappa shape index (κ1) is 14.8. The van der Waals surface area contributed by atoms with Gasteiger partial charge in [-0.3, -0.25) is 0 Å². The minimum Gasteiger partial charge on any atom is -0.383 e. The molecular formula is C18H33NO. The Morgan fingerprint density at radius 1 is 1.10 bits per heavy atom. The molecule has 0 saturated heterocycles. The van der Waals surface area contributed by atoms with E-state index in [1.165, 1.54) is 44.9 Å². The van der Waals surface area contributed by atoms with Gasteiger partial charge in [0.15, 0.2) is 0 Å². The molecule has 4 fully saturated rings. The highest BCUT2D eigenvalue weighted by molar-refractivity contribution is 5.11. The van der Waals surface area contributed by atoms with Gasteiger partial charge in [0, 0.05) is 13.2 Å². The number of likely N-dealkylation sites (N-methyl/N-ethyl adjacent to an activating group) is 1. The maximum absolute atomic E-state index is 5.46. The van der Waals surface area contributed by atoms with Crippen LogP contribution < -0.4 is 5.32 Å². The zero-order chi connectivity index (χ0) is 14.4. The van der Waals surface area contributed by atoms with E-state index in [0.717, 1.165) is 19.1 Å². The Labute approximate surface area is 125 Å². The summed E-state index contributed by atoms with van der Waals surface area (Å²) in [5, 5.41) is 3.66. The first-order valence-electron chi connectivity index (χ1n) is 8.62. The van der Waals surface area contributed by atoms with Crippen molar-refractivity contribution < 1.29 is 4.74 Å². The van der Waals surface area contributed by atoms with Gasteiger partial charge < -0.3 is 10.1 Å². The monoisotopic (exact) mass is 279 g/mol. The lowest BCUT2D eigenvalue weighted by Crippen LogP contribution is -2.56. The maximum Gasteiger partial charge on any atom is 0.0616 e. The quantitative estimate of drug-likeness (QED) is 0.793. The largest absolute Gasteiger partial charge is 0.383 e. The van der Waals surface area contributed by atoms with Crippen molar-refractivity contribution in [3.8, 4) is 0 Å². The Morgan fingerprint density at radius 3 is 2.25 bits per heavy atom. The Hall–Kier alpha value is -0.0800. The van der Waals surface area contributed by atoms with E-state index in [0.29, 0.717) is 22.3 Å². The van der Waals surface area contributed by atoms with Crippen molar-refractivity contribution in [2.75, 3.05) is 20.3 Å². The Kier molecular flexibility index (Phi) is 3.70. The molecule has 0 amide bonds. The fourth-order valence-corrected chi connectivity index (χ4v) is 7.11. The summed E-state index contributed by atoms with van der Waals surface area (Å²) in [5.41, 5.74) is 1.88. The van der Waals surface area contributed by atoms with Crippen molar-refractivity contribution in [3.63, 3.8) is 0 Å². The lowest BCUT2D eigenvalue weighted by Gasteiger charge is -2.66. The van der Waals surface area contributed by atoms with E-state index in [1.54, 1.807) is 0 Å². The predicted octanol–water partition coefficient (Wildman–Crippen LogP) is 4.00. The molecule has 0 aromatic heterocycles. The van der Waals surface area contributed by atoms with Gasteiger partial charge in [-0.25, -0.2) is 0 Å². The molecule has 4 rings (SSSR count). The van der Waals surface area contributed by atoms with Crippen molar-refractivity contribution in [1.82, 2.24) is 5.32 Å². The molecule has 0 aromatic carbocycles. The molecule has 2 heteroatoms. The van der Waals surface area contributed by atoms with Crippen molar-refractivity contribution in [3.05, 3.63) is 0 Å². The lowest BCUT2D eigenvalue weighted by molar-refractivity contribution is -0.151. The standard InChI is InChI=1S/C18H33NO/c1-5-19-15(10-20-4)9-18-8-14-6-16(2,12-18)11-17(3,7-14)13-18/h14-15,19H,5-13H2,1-4H3. The van der Waals surface area contributed by atoms with Gasteiger partial charge in [0.05, 0.1) is 6.61 Å². The topological polar surface area (TPSA) is 21.3 Å². The minimum atomic E-state index is 0.549. The van der Waals surface area contributed by atoms with Crippen molar-refractivity contribution in [1.29, 1.82) is 0 Å². The summed E-state index contributed by atoms with van der Waals surface area (Å²) in [6.45, 7) is 9.28. The first-order valence-corrected chi connectivity index (χ1v) is 8.62. The third kappa shape index (κ3) is 2.66. The SMILES string of the molecule is CCNC(COC)CC12CC3CC(C)(CC(C)(C3)C1)C2. The van der Waals surface area contributed by atoms with E-state index >= 15 is 0 Å². The summed E-state index contributed by atoms with van der Waals surface area (Å²) >= 11 is 0. The number of nitrogens with one attached hydrogen (secondary N) is 1. The maximum atomic E-state index is 5.46. The van der Waals surface area contributed by atoms with E-state index in [2.05, 4.69) is 26.1 Å². The van der Waals surface area contributed by atoms with Crippen LogP contribution in [0.4, 0.5) is 0 Å². The molecule has 4 aliphatic carbocycles. The van der Waals surface area contributed by atoms with Crippen LogP contribution in [-0.2, 0) is 4.74 Å². The highest BCUT2D eigenvalue weighted by Crippen LogP contribution is 2.70. The molecule has 0 aliphatic heterocycles. The van der Waals surface area contributed by atoms with E-state index in [1.807, 2.05) is 7.11 Å². The minimum absolute atomic E-state index is 0.549. The molecule has 3 unspecified atom stereocenters. The van der Waals surface area contributed by atoms with Crippen LogP contribution in [0.15, 0.2) is 0 Å². The molecule has 116 valence electrons. The molecule has 1 N–H and O–H groups in total. The lowest BCUT2D eigenvalue weighted by atomic mass is 9.39. The van der Waals surface area contributed by atoms with Crippen LogP contribution in [0.25, 0.3) is 0 Å². The second-order valence-corrected chi connectivity index (χ2v) is 9.04. The van der Waals surface area contributed by atoms with E-state index in [-0.39, 0.29) is 0 Å². The van der Waals surface area contributed by atoms with Gasteiger partial charge in [-0.1, -0.05) is 20.8 Å². The van der Waals surface area contributed by atoms with Crippen LogP contribution in [0.3, 0.4) is 0 Å². The van der Waals surface area contributed by atoms with Crippen LogP contribution in [0.2, 0.25) is 0 Å². The van der Waals surface area contributed by atoms with Gasteiger partial charge in [0.1, 0.15) is 0 Å². The van der Waals surface area contributed by atoms with Crippen LogP contribution >= 0.6 is 0 Å². The van der Waals surface area contributed by atoms with E-state index < -0.39 is 0 Å². The zero-order valence-electron chi connectivity index (χ0n) is 13.9. The molecule has 4 saturated carbocycles. The normalized spacial score (nSPS) is 47.7. The Balaban J connectivity index is 1.77. The number of ether oxygens (including phenoxy) is 1. The van der Waals surface area contributed by atoms with Crippen molar-refractivity contribution >= 4 is 0 Å². The summed E-state index contributed by atoms with van der Waals surface area (Å²) in [5.74, 6) is 1.01. The van der Waals surface area contributed by atoms with Crippen molar-refractivity contribution in [2.24, 2.45) is 22.2 Å². The van der Waals surface area contributed by atoms with Gasteiger partial charge in [-0.2, -0.15) is 0 Å². The molecule has 3 atom stereocenters. The number of hydrogen-bond acceptors (Lipinski definition) is 2. The summed E-state index contributed by atoms with van der Waals surface area (Å²) in [6, 6.07) is 0.549. The summed E-state index contributed by atoms with van der Waals surface area (Å²) < 4.78 is 5.46. The molecule has 0 aromatic rings. The molecular weight excluding hydrogens is 246 g/mol. The molecule has 20 heavy (non-hydrogen) atoms. The number of rotatable bonds is 6. The van der Waals surface area contributed by atoms with Crippen LogP contribution in [0.5, 0.6) is 0 Å². The number of hydrogen-bond donors (Lipinski definition) is 1. The zero-order valence-corrected chi connectivity index (χ0v) is 13.9. The highest BCUT2D eigenvalue weighted by Gasteiger charge is 2.60. The summed E-state index contributed by atoms with van der Waals surface area (Å²) in [4.78, 5) is 0. The Morgan fingerprint density at radius 2 is 1.75 bits per heavy atom. The smallest absolute Gasteiger partial charge is 0.0616 e. The van der Waals surface area contributed by atoms with E-state index in [4.69, 9.17) is 4.74 Å². The van der Waals surface area contributed by atoms with Crippen LogP contribution in [0.1, 0.15) is 65.7 Å². The molecule has 0 heterocycles.